The van der Waals surface area contributed by atoms with Gasteiger partial charge in [0.1, 0.15) is 11.4 Å². The smallest absolute Gasteiger partial charge is 0.337 e. The molecular weight excluding hydrogens is 434 g/mol. The lowest BCUT2D eigenvalue weighted by Gasteiger charge is -2.22. The van der Waals surface area contributed by atoms with Crippen molar-refractivity contribution in [3.63, 3.8) is 0 Å². The molecule has 8 heteroatoms. The van der Waals surface area contributed by atoms with Crippen LogP contribution in [0.2, 0.25) is 5.02 Å². The number of benzene rings is 1. The summed E-state index contributed by atoms with van der Waals surface area (Å²) in [6.07, 6.45) is 4.46. The van der Waals surface area contributed by atoms with Crippen LogP contribution in [0.4, 0.5) is 0 Å². The molecular formula is C23H26ClN3O3S. The van der Waals surface area contributed by atoms with E-state index in [1.54, 1.807) is 29.2 Å². The molecule has 0 aliphatic heterocycles. The van der Waals surface area contributed by atoms with Gasteiger partial charge < -0.3 is 4.90 Å². The first-order valence-electron chi connectivity index (χ1n) is 10.8. The Labute approximate surface area is 189 Å². The number of aryl methyl sites for hydroxylation is 2. The van der Waals surface area contributed by atoms with E-state index in [0.717, 1.165) is 42.5 Å². The van der Waals surface area contributed by atoms with Crippen LogP contribution in [0, 0.1) is 0 Å². The van der Waals surface area contributed by atoms with Crippen LogP contribution in [0.3, 0.4) is 0 Å². The molecule has 0 saturated heterocycles. The highest BCUT2D eigenvalue weighted by atomic mass is 35.5. The van der Waals surface area contributed by atoms with E-state index in [2.05, 4.69) is 0 Å². The number of aromatic nitrogens is 2. The number of hydrogen-bond acceptors (Lipinski definition) is 4. The van der Waals surface area contributed by atoms with Crippen molar-refractivity contribution in [3.05, 3.63) is 60.6 Å². The van der Waals surface area contributed by atoms with Crippen molar-refractivity contribution >= 4 is 39.1 Å². The second-order valence-corrected chi connectivity index (χ2v) is 9.42. The number of thiophene rings is 1. The molecule has 2 aromatic heterocycles. The van der Waals surface area contributed by atoms with Crippen LogP contribution in [0.25, 0.3) is 15.9 Å². The Bertz CT molecular complexity index is 1230. The minimum atomic E-state index is -0.485. The number of nitrogens with zero attached hydrogens (tertiary/aromatic N) is 3. The summed E-state index contributed by atoms with van der Waals surface area (Å²) >= 11 is 7.49. The largest absolute Gasteiger partial charge is 0.341 e. The molecule has 0 saturated carbocycles. The maximum Gasteiger partial charge on any atom is 0.337 e. The fourth-order valence-corrected chi connectivity index (χ4v) is 5.80. The number of hydrogen-bond donors (Lipinski definition) is 0. The predicted molar refractivity (Wildman–Crippen MR) is 126 cm³/mol. The summed E-state index contributed by atoms with van der Waals surface area (Å²) in [6, 6.07) is 6.64. The molecule has 0 unspecified atom stereocenters. The first-order chi connectivity index (χ1) is 15.0. The topological polar surface area (TPSA) is 64.3 Å². The lowest BCUT2D eigenvalue weighted by atomic mass is 10.2. The molecule has 0 radical (unpaired) electrons. The minimum Gasteiger partial charge on any atom is -0.341 e. The van der Waals surface area contributed by atoms with Gasteiger partial charge in [0.2, 0.25) is 5.91 Å². The third kappa shape index (κ3) is 3.96. The van der Waals surface area contributed by atoms with Crippen LogP contribution < -0.4 is 11.2 Å². The zero-order chi connectivity index (χ0) is 22.1. The third-order valence-electron chi connectivity index (χ3n) is 5.70. The second kappa shape index (κ2) is 9.01. The molecule has 6 nitrogen and oxygen atoms in total. The Balaban J connectivity index is 1.92. The standard InChI is InChI=1S/C23H26ClN3O3S/c1-3-12-25(13-4-2)19(28)14-26-22-20(17-6-5-7-18(17)31-22)21(29)27(23(26)30)16-10-8-15(24)9-11-16/h8-11H,3-7,12-14H2,1-2H3. The molecule has 0 N–H and O–H groups in total. The van der Waals surface area contributed by atoms with Crippen molar-refractivity contribution in [2.75, 3.05) is 13.1 Å². The van der Waals surface area contributed by atoms with E-state index in [4.69, 9.17) is 11.6 Å². The van der Waals surface area contributed by atoms with E-state index < -0.39 is 5.69 Å². The van der Waals surface area contributed by atoms with Gasteiger partial charge >= 0.3 is 5.69 Å². The lowest BCUT2D eigenvalue weighted by molar-refractivity contribution is -0.131. The summed E-state index contributed by atoms with van der Waals surface area (Å²) in [6.45, 7) is 5.31. The van der Waals surface area contributed by atoms with Crippen molar-refractivity contribution in [2.45, 2.75) is 52.5 Å². The van der Waals surface area contributed by atoms with Crippen LogP contribution in [0.5, 0.6) is 0 Å². The Morgan fingerprint density at radius 3 is 2.42 bits per heavy atom. The SMILES string of the molecule is CCCN(CCC)C(=O)Cn1c(=O)n(-c2ccc(Cl)cc2)c(=O)c2c3c(sc21)CCC3. The molecule has 1 aliphatic rings. The average Bonchev–Trinajstić information content (AvgIpc) is 3.33. The van der Waals surface area contributed by atoms with Gasteiger partial charge in [-0.15, -0.1) is 11.3 Å². The summed E-state index contributed by atoms with van der Waals surface area (Å²) in [5.74, 6) is -0.0954. The number of carbonyl (C=O) groups excluding carboxylic acids is 1. The Morgan fingerprint density at radius 1 is 1.10 bits per heavy atom. The van der Waals surface area contributed by atoms with Gasteiger partial charge in [-0.05, 0) is 61.9 Å². The van der Waals surface area contributed by atoms with Crippen molar-refractivity contribution in [1.29, 1.82) is 0 Å². The van der Waals surface area contributed by atoms with Gasteiger partial charge in [0.25, 0.3) is 5.56 Å². The van der Waals surface area contributed by atoms with E-state index in [-0.39, 0.29) is 18.0 Å². The third-order valence-corrected chi connectivity index (χ3v) is 7.27. The lowest BCUT2D eigenvalue weighted by Crippen LogP contribution is -2.43. The van der Waals surface area contributed by atoms with Gasteiger partial charge in [-0.3, -0.25) is 14.2 Å². The van der Waals surface area contributed by atoms with Gasteiger partial charge in [0.05, 0.1) is 11.1 Å². The molecule has 0 spiro atoms. The van der Waals surface area contributed by atoms with Crippen molar-refractivity contribution in [1.82, 2.24) is 14.0 Å². The number of carbonyl (C=O) groups is 1. The summed E-state index contributed by atoms with van der Waals surface area (Å²) in [5, 5.41) is 1.11. The number of fused-ring (bicyclic) bond motifs is 3. The maximum atomic E-state index is 13.5. The highest BCUT2D eigenvalue weighted by Crippen LogP contribution is 2.35. The van der Waals surface area contributed by atoms with E-state index >= 15 is 0 Å². The van der Waals surface area contributed by atoms with E-state index in [0.29, 0.717) is 34.0 Å². The van der Waals surface area contributed by atoms with Gasteiger partial charge in [-0.1, -0.05) is 25.4 Å². The van der Waals surface area contributed by atoms with Crippen LogP contribution in [0.15, 0.2) is 33.9 Å². The fourth-order valence-electron chi connectivity index (χ4n) is 4.30. The number of halogens is 1. The second-order valence-electron chi connectivity index (χ2n) is 7.90. The maximum absolute atomic E-state index is 13.5. The van der Waals surface area contributed by atoms with Crippen molar-refractivity contribution in [2.24, 2.45) is 0 Å². The molecule has 3 aromatic rings. The monoisotopic (exact) mass is 459 g/mol. The number of amides is 1. The minimum absolute atomic E-state index is 0.0669. The van der Waals surface area contributed by atoms with E-state index in [1.807, 2.05) is 13.8 Å². The molecule has 1 aromatic carbocycles. The number of rotatable bonds is 7. The molecule has 2 heterocycles. The van der Waals surface area contributed by atoms with Crippen LogP contribution in [-0.4, -0.2) is 33.0 Å². The summed E-state index contributed by atoms with van der Waals surface area (Å²) in [4.78, 5) is 43.7. The van der Waals surface area contributed by atoms with Gasteiger partial charge in [0, 0.05) is 23.0 Å². The Hall–Kier alpha value is -2.38. The predicted octanol–water partition coefficient (Wildman–Crippen LogP) is 4.00. The summed E-state index contributed by atoms with van der Waals surface area (Å²) < 4.78 is 2.68. The fraction of sp³-hybridized carbons (Fsp3) is 0.435. The molecule has 0 fully saturated rings. The molecule has 1 amide bonds. The van der Waals surface area contributed by atoms with Gasteiger partial charge in [0.15, 0.2) is 0 Å². The van der Waals surface area contributed by atoms with Gasteiger partial charge in [-0.2, -0.15) is 0 Å². The zero-order valence-corrected chi connectivity index (χ0v) is 19.4. The Kier molecular flexibility index (Phi) is 6.34. The molecule has 0 atom stereocenters. The van der Waals surface area contributed by atoms with Crippen LogP contribution in [0.1, 0.15) is 43.6 Å². The molecule has 31 heavy (non-hydrogen) atoms. The summed E-state index contributed by atoms with van der Waals surface area (Å²) in [5.41, 5.74) is 0.692. The first-order valence-corrected chi connectivity index (χ1v) is 12.0. The first kappa shape index (κ1) is 21.8. The van der Waals surface area contributed by atoms with E-state index in [9.17, 15) is 14.4 Å². The molecule has 1 aliphatic carbocycles. The summed E-state index contributed by atoms with van der Waals surface area (Å²) in [7, 11) is 0. The van der Waals surface area contributed by atoms with Crippen molar-refractivity contribution in [3.8, 4) is 5.69 Å². The Morgan fingerprint density at radius 2 is 1.77 bits per heavy atom. The molecule has 4 rings (SSSR count). The highest BCUT2D eigenvalue weighted by molar-refractivity contribution is 7.19. The molecule has 0 bridgehead atoms. The van der Waals surface area contributed by atoms with Crippen LogP contribution >= 0.6 is 22.9 Å². The van der Waals surface area contributed by atoms with E-state index in [1.165, 1.54) is 20.5 Å². The average molecular weight is 460 g/mol. The normalized spacial score (nSPS) is 13.0. The zero-order valence-electron chi connectivity index (χ0n) is 17.8. The molecule has 164 valence electrons. The van der Waals surface area contributed by atoms with Gasteiger partial charge in [-0.25, -0.2) is 9.36 Å². The quantitative estimate of drug-likeness (QED) is 0.536. The van der Waals surface area contributed by atoms with Crippen molar-refractivity contribution < 1.29 is 4.79 Å². The van der Waals surface area contributed by atoms with Crippen LogP contribution in [-0.2, 0) is 24.2 Å². The highest BCUT2D eigenvalue weighted by Gasteiger charge is 2.26.